The van der Waals surface area contributed by atoms with E-state index < -0.39 is 0 Å². The van der Waals surface area contributed by atoms with Crippen LogP contribution in [0.1, 0.15) is 20.3 Å². The summed E-state index contributed by atoms with van der Waals surface area (Å²) < 4.78 is 10.3. The maximum atomic E-state index is 5.13. The minimum Gasteiger partial charge on any atom is -0.352 e. The molecule has 1 aliphatic rings. The Morgan fingerprint density at radius 1 is 1.12 bits per heavy atom. The van der Waals surface area contributed by atoms with Crippen molar-refractivity contribution in [2.75, 3.05) is 6.79 Å². The van der Waals surface area contributed by atoms with Gasteiger partial charge in [0.2, 0.25) is 0 Å². The van der Waals surface area contributed by atoms with Crippen molar-refractivity contribution in [3.05, 3.63) is 0 Å². The lowest BCUT2D eigenvalue weighted by molar-refractivity contribution is -0.164. The summed E-state index contributed by atoms with van der Waals surface area (Å²) in [5.74, 6) is 0. The fourth-order valence-electron chi connectivity index (χ4n) is 0.875. The Hall–Kier alpha value is -0.0800. The molecule has 2 nitrogen and oxygen atoms in total. The first-order valence-corrected chi connectivity index (χ1v) is 3.02. The topological polar surface area (TPSA) is 18.5 Å². The summed E-state index contributed by atoms with van der Waals surface area (Å²) in [6, 6.07) is 0. The quantitative estimate of drug-likeness (QED) is 0.472. The van der Waals surface area contributed by atoms with E-state index in [0.717, 1.165) is 6.42 Å². The molecule has 2 heteroatoms. The molecule has 0 saturated carbocycles. The summed E-state index contributed by atoms with van der Waals surface area (Å²) in [4.78, 5) is 0. The highest BCUT2D eigenvalue weighted by Gasteiger charge is 2.14. The van der Waals surface area contributed by atoms with Crippen LogP contribution in [0, 0.1) is 0 Å². The van der Waals surface area contributed by atoms with Crippen LogP contribution in [0.3, 0.4) is 0 Å². The first kappa shape index (κ1) is 6.05. The minimum atomic E-state index is 0.388. The second-order valence-corrected chi connectivity index (χ2v) is 2.31. The van der Waals surface area contributed by atoms with Gasteiger partial charge in [-0.05, 0) is 20.3 Å². The summed E-state index contributed by atoms with van der Waals surface area (Å²) >= 11 is 0. The van der Waals surface area contributed by atoms with Crippen LogP contribution in [0.15, 0.2) is 0 Å². The molecule has 0 aromatic carbocycles. The Morgan fingerprint density at radius 2 is 1.62 bits per heavy atom. The molecule has 0 radical (unpaired) electrons. The van der Waals surface area contributed by atoms with Gasteiger partial charge in [-0.3, -0.25) is 0 Å². The number of ether oxygens (including phenoxy) is 2. The third kappa shape index (κ3) is 1.46. The maximum Gasteiger partial charge on any atom is 0.147 e. The molecule has 0 unspecified atom stereocenters. The van der Waals surface area contributed by atoms with E-state index in [1.807, 2.05) is 0 Å². The zero-order valence-corrected chi connectivity index (χ0v) is 5.39. The third-order valence-corrected chi connectivity index (χ3v) is 1.37. The molecule has 0 spiro atoms. The fourth-order valence-corrected chi connectivity index (χ4v) is 0.875. The van der Waals surface area contributed by atoms with E-state index in [2.05, 4.69) is 13.8 Å². The molecule has 1 fully saturated rings. The molecule has 0 N–H and O–H groups in total. The average molecular weight is 116 g/mol. The van der Waals surface area contributed by atoms with Crippen LogP contribution in [-0.4, -0.2) is 19.0 Å². The van der Waals surface area contributed by atoms with Gasteiger partial charge in [-0.25, -0.2) is 0 Å². The van der Waals surface area contributed by atoms with Crippen molar-refractivity contribution in [2.24, 2.45) is 0 Å². The molecule has 1 rings (SSSR count). The maximum absolute atomic E-state index is 5.13. The Kier molecular flexibility index (Phi) is 1.86. The van der Waals surface area contributed by atoms with Gasteiger partial charge in [0, 0.05) is 0 Å². The van der Waals surface area contributed by atoms with Crippen molar-refractivity contribution in [1.82, 2.24) is 0 Å². The summed E-state index contributed by atoms with van der Waals surface area (Å²) in [7, 11) is 0. The molecule has 1 saturated heterocycles. The van der Waals surface area contributed by atoms with E-state index in [4.69, 9.17) is 9.47 Å². The van der Waals surface area contributed by atoms with Crippen molar-refractivity contribution in [2.45, 2.75) is 32.5 Å². The molecule has 1 aliphatic heterocycles. The van der Waals surface area contributed by atoms with Gasteiger partial charge in [-0.1, -0.05) is 0 Å². The fraction of sp³-hybridized carbons (Fsp3) is 1.00. The predicted octanol–water partition coefficient (Wildman–Crippen LogP) is 1.16. The van der Waals surface area contributed by atoms with Crippen LogP contribution in [0.5, 0.6) is 0 Å². The van der Waals surface area contributed by atoms with Gasteiger partial charge in [0.05, 0.1) is 12.2 Å². The predicted molar refractivity (Wildman–Crippen MR) is 30.6 cm³/mol. The Morgan fingerprint density at radius 3 is 1.88 bits per heavy atom. The Labute approximate surface area is 49.8 Å². The van der Waals surface area contributed by atoms with E-state index >= 15 is 0 Å². The third-order valence-electron chi connectivity index (χ3n) is 1.37. The lowest BCUT2D eigenvalue weighted by Gasteiger charge is -2.24. The van der Waals surface area contributed by atoms with Gasteiger partial charge < -0.3 is 9.47 Å². The largest absolute Gasteiger partial charge is 0.352 e. The molecular weight excluding hydrogens is 104 g/mol. The average Bonchev–Trinajstić information content (AvgIpc) is 1.64. The lowest BCUT2D eigenvalue weighted by atomic mass is 10.2. The second kappa shape index (κ2) is 2.46. The van der Waals surface area contributed by atoms with Gasteiger partial charge in [0.15, 0.2) is 0 Å². The monoisotopic (exact) mass is 116 g/mol. The molecule has 8 heavy (non-hydrogen) atoms. The van der Waals surface area contributed by atoms with E-state index in [1.165, 1.54) is 0 Å². The molecule has 0 amide bonds. The van der Waals surface area contributed by atoms with Crippen molar-refractivity contribution in [3.63, 3.8) is 0 Å². The van der Waals surface area contributed by atoms with Crippen molar-refractivity contribution in [3.8, 4) is 0 Å². The smallest absolute Gasteiger partial charge is 0.147 e. The van der Waals surface area contributed by atoms with E-state index in [1.54, 1.807) is 0 Å². The molecule has 0 aromatic rings. The Bertz CT molecular complexity index is 64.9. The van der Waals surface area contributed by atoms with Crippen LogP contribution in [0.2, 0.25) is 0 Å². The van der Waals surface area contributed by atoms with Gasteiger partial charge in [-0.15, -0.1) is 0 Å². The van der Waals surface area contributed by atoms with Gasteiger partial charge in [0.25, 0.3) is 0 Å². The first-order chi connectivity index (χ1) is 3.79. The van der Waals surface area contributed by atoms with Crippen LogP contribution in [0.4, 0.5) is 0 Å². The highest BCUT2D eigenvalue weighted by atomic mass is 16.7. The van der Waals surface area contributed by atoms with E-state index in [9.17, 15) is 0 Å². The van der Waals surface area contributed by atoms with Crippen LogP contribution in [-0.2, 0) is 9.47 Å². The van der Waals surface area contributed by atoms with Crippen molar-refractivity contribution >= 4 is 0 Å². The zero-order chi connectivity index (χ0) is 5.98. The van der Waals surface area contributed by atoms with Crippen molar-refractivity contribution in [1.29, 1.82) is 0 Å². The summed E-state index contributed by atoms with van der Waals surface area (Å²) in [6.07, 6.45) is 1.80. The van der Waals surface area contributed by atoms with Crippen LogP contribution < -0.4 is 0 Å². The second-order valence-electron chi connectivity index (χ2n) is 2.31. The molecule has 0 aliphatic carbocycles. The Balaban J connectivity index is 2.23. The molecule has 48 valence electrons. The standard InChI is InChI=1S/C6H12O2/c1-5-3-6(2)8-4-7-5/h5-6H,3-4H2,1-2H3/t5-,6+. The molecular formula is C6H12O2. The highest BCUT2D eigenvalue weighted by molar-refractivity contribution is 4.59. The van der Waals surface area contributed by atoms with E-state index in [0.29, 0.717) is 19.0 Å². The zero-order valence-electron chi connectivity index (χ0n) is 5.39. The SMILES string of the molecule is C[C@@H]1C[C@H](C)OCO1. The summed E-state index contributed by atoms with van der Waals surface area (Å²) in [5.41, 5.74) is 0. The minimum absolute atomic E-state index is 0.388. The lowest BCUT2D eigenvalue weighted by Crippen LogP contribution is -2.26. The van der Waals surface area contributed by atoms with Crippen LogP contribution in [0.25, 0.3) is 0 Å². The van der Waals surface area contributed by atoms with E-state index in [-0.39, 0.29) is 0 Å². The molecule has 2 atom stereocenters. The molecule has 1 heterocycles. The van der Waals surface area contributed by atoms with Crippen molar-refractivity contribution < 1.29 is 9.47 Å². The number of hydrogen-bond acceptors (Lipinski definition) is 2. The van der Waals surface area contributed by atoms with Gasteiger partial charge in [-0.2, -0.15) is 0 Å². The number of rotatable bonds is 0. The number of hydrogen-bond donors (Lipinski definition) is 0. The van der Waals surface area contributed by atoms with Gasteiger partial charge >= 0.3 is 0 Å². The van der Waals surface area contributed by atoms with Gasteiger partial charge in [0.1, 0.15) is 6.79 Å². The van der Waals surface area contributed by atoms with Crippen LogP contribution >= 0.6 is 0 Å². The normalized spacial score (nSPS) is 39.8. The first-order valence-electron chi connectivity index (χ1n) is 3.02. The summed E-state index contributed by atoms with van der Waals surface area (Å²) in [5, 5.41) is 0. The highest BCUT2D eigenvalue weighted by Crippen LogP contribution is 2.10. The summed E-state index contributed by atoms with van der Waals surface area (Å²) in [6.45, 7) is 4.61. The molecule has 0 bridgehead atoms. The molecule has 0 aromatic heterocycles.